The van der Waals surface area contributed by atoms with Crippen molar-refractivity contribution in [3.05, 3.63) is 53.4 Å². The van der Waals surface area contributed by atoms with Crippen LogP contribution in [0.5, 0.6) is 0 Å². The molecule has 1 aliphatic carbocycles. The van der Waals surface area contributed by atoms with Gasteiger partial charge in [-0.25, -0.2) is 19.3 Å². The average molecular weight is 354 g/mol. The van der Waals surface area contributed by atoms with E-state index in [9.17, 15) is 9.18 Å². The maximum atomic E-state index is 14.1. The number of fused-ring (bicyclic) bond motifs is 1. The molecule has 0 unspecified atom stereocenters. The monoisotopic (exact) mass is 354 g/mol. The number of amides is 1. The third-order valence-corrected chi connectivity index (χ3v) is 4.23. The van der Waals surface area contributed by atoms with Crippen molar-refractivity contribution in [2.45, 2.75) is 25.6 Å². The molecule has 2 atom stereocenters. The Kier molecular flexibility index (Phi) is 3.83. The number of alkyl halides is 1. The van der Waals surface area contributed by atoms with E-state index >= 15 is 0 Å². The third kappa shape index (κ3) is 2.67. The molecule has 8 nitrogen and oxygen atoms in total. The number of halogens is 1. The number of nitrogens with one attached hydrogen (secondary N) is 1. The van der Waals surface area contributed by atoms with Gasteiger partial charge in [-0.05, 0) is 13.0 Å². The minimum atomic E-state index is -1.17. The Morgan fingerprint density at radius 2 is 2.19 bits per heavy atom. The van der Waals surface area contributed by atoms with Crippen LogP contribution in [0, 0.1) is 6.92 Å². The van der Waals surface area contributed by atoms with Gasteiger partial charge < -0.3 is 15.5 Å². The first-order valence-corrected chi connectivity index (χ1v) is 7.98. The summed E-state index contributed by atoms with van der Waals surface area (Å²) in [7, 11) is 0. The molecule has 3 N–H and O–H groups in total. The second kappa shape index (κ2) is 6.17. The Balaban J connectivity index is 1.61. The zero-order valence-electron chi connectivity index (χ0n) is 13.8. The summed E-state index contributed by atoms with van der Waals surface area (Å²) in [4.78, 5) is 29.2. The standard InChI is InChI=1S/C17H15FN6O2/c1-8-12(17-21-5-6-26-17)24-15(19)14(22-8)16(25)23-11-7-10(18)9-3-2-4-20-13(9)11/h2-6,10-11H,7H2,1H3,(H2,19,24)(H,23,25)/t10-,11-/m1/s1. The van der Waals surface area contributed by atoms with Crippen LogP contribution in [0.15, 0.2) is 35.2 Å². The summed E-state index contributed by atoms with van der Waals surface area (Å²) < 4.78 is 19.3. The fourth-order valence-electron chi connectivity index (χ4n) is 3.03. The number of carbonyl (C=O) groups excluding carboxylic acids is 1. The molecule has 3 aromatic heterocycles. The number of nitrogens with zero attached hydrogens (tertiary/aromatic N) is 4. The summed E-state index contributed by atoms with van der Waals surface area (Å²) in [5.41, 5.74) is 7.69. The summed E-state index contributed by atoms with van der Waals surface area (Å²) in [5.74, 6) is -0.326. The molecule has 0 saturated carbocycles. The van der Waals surface area contributed by atoms with Crippen LogP contribution >= 0.6 is 0 Å². The van der Waals surface area contributed by atoms with E-state index in [1.54, 1.807) is 25.3 Å². The SMILES string of the molecule is Cc1nc(C(=O)N[C@@H]2C[C@@H](F)c3cccnc32)c(N)nc1-c1ncco1. The number of aromatic nitrogens is 4. The highest BCUT2D eigenvalue weighted by Crippen LogP contribution is 2.39. The lowest BCUT2D eigenvalue weighted by Gasteiger charge is -2.14. The van der Waals surface area contributed by atoms with Gasteiger partial charge in [0.25, 0.3) is 5.91 Å². The second-order valence-corrected chi connectivity index (χ2v) is 5.94. The molecule has 1 amide bonds. The molecule has 0 bridgehead atoms. The quantitative estimate of drug-likeness (QED) is 0.740. The first-order valence-electron chi connectivity index (χ1n) is 7.98. The molecule has 26 heavy (non-hydrogen) atoms. The maximum Gasteiger partial charge on any atom is 0.274 e. The van der Waals surface area contributed by atoms with Gasteiger partial charge in [0, 0.05) is 18.2 Å². The lowest BCUT2D eigenvalue weighted by Crippen LogP contribution is -2.29. The molecule has 0 aliphatic heterocycles. The highest BCUT2D eigenvalue weighted by molar-refractivity contribution is 5.97. The minimum Gasteiger partial charge on any atom is -0.443 e. The first-order chi connectivity index (χ1) is 12.5. The number of nitrogen functional groups attached to an aromatic ring is 1. The molecule has 0 saturated heterocycles. The van der Waals surface area contributed by atoms with Gasteiger partial charge in [0.2, 0.25) is 5.89 Å². The van der Waals surface area contributed by atoms with Crippen molar-refractivity contribution in [3.63, 3.8) is 0 Å². The second-order valence-electron chi connectivity index (χ2n) is 5.94. The van der Waals surface area contributed by atoms with Gasteiger partial charge >= 0.3 is 0 Å². The molecule has 9 heteroatoms. The smallest absolute Gasteiger partial charge is 0.274 e. The van der Waals surface area contributed by atoms with E-state index in [4.69, 9.17) is 10.2 Å². The van der Waals surface area contributed by atoms with Crippen molar-refractivity contribution in [2.75, 3.05) is 5.73 Å². The van der Waals surface area contributed by atoms with Gasteiger partial charge in [-0.2, -0.15) is 0 Å². The van der Waals surface area contributed by atoms with Gasteiger partial charge in [-0.1, -0.05) is 6.07 Å². The maximum absolute atomic E-state index is 14.1. The van der Waals surface area contributed by atoms with Crippen molar-refractivity contribution >= 4 is 11.7 Å². The van der Waals surface area contributed by atoms with Crippen molar-refractivity contribution in [2.24, 2.45) is 0 Å². The topological polar surface area (TPSA) is 120 Å². The number of carbonyl (C=O) groups is 1. The third-order valence-electron chi connectivity index (χ3n) is 4.23. The zero-order chi connectivity index (χ0) is 18.3. The number of hydrogen-bond acceptors (Lipinski definition) is 7. The minimum absolute atomic E-state index is 0.0300. The number of nitrogens with two attached hydrogens (primary N) is 1. The largest absolute Gasteiger partial charge is 0.443 e. The molecule has 0 radical (unpaired) electrons. The molecule has 132 valence electrons. The fourth-order valence-corrected chi connectivity index (χ4v) is 3.03. The number of aryl methyl sites for hydroxylation is 1. The Hall–Kier alpha value is -3.36. The van der Waals surface area contributed by atoms with E-state index in [-0.39, 0.29) is 23.8 Å². The van der Waals surface area contributed by atoms with Crippen LogP contribution in [0.4, 0.5) is 10.2 Å². The van der Waals surface area contributed by atoms with Crippen LogP contribution in [-0.2, 0) is 0 Å². The fraction of sp³-hybridized carbons (Fsp3) is 0.235. The van der Waals surface area contributed by atoms with Gasteiger partial charge in [0.15, 0.2) is 11.5 Å². The molecule has 0 aromatic carbocycles. The summed E-state index contributed by atoms with van der Waals surface area (Å²) in [5, 5.41) is 2.74. The predicted molar refractivity (Wildman–Crippen MR) is 89.6 cm³/mol. The van der Waals surface area contributed by atoms with E-state index in [1.807, 2.05) is 0 Å². The Morgan fingerprint density at radius 1 is 1.35 bits per heavy atom. The lowest BCUT2D eigenvalue weighted by molar-refractivity contribution is 0.0927. The van der Waals surface area contributed by atoms with Crippen molar-refractivity contribution in [1.29, 1.82) is 0 Å². The molecular weight excluding hydrogens is 339 g/mol. The van der Waals surface area contributed by atoms with E-state index in [0.717, 1.165) is 0 Å². The number of pyridine rings is 1. The van der Waals surface area contributed by atoms with E-state index in [2.05, 4.69) is 25.3 Å². The number of hydrogen-bond donors (Lipinski definition) is 2. The predicted octanol–water partition coefficient (Wildman–Crippen LogP) is 2.30. The van der Waals surface area contributed by atoms with Gasteiger partial charge in [-0.15, -0.1) is 0 Å². The van der Waals surface area contributed by atoms with E-state index in [1.165, 1.54) is 12.5 Å². The summed E-state index contributed by atoms with van der Waals surface area (Å²) in [6.45, 7) is 1.67. The average Bonchev–Trinajstić information content (AvgIpc) is 3.26. The normalized spacial score (nSPS) is 18.5. The van der Waals surface area contributed by atoms with Crippen molar-refractivity contribution < 1.29 is 13.6 Å². The number of rotatable bonds is 3. The molecule has 1 aliphatic rings. The first kappa shape index (κ1) is 16.1. The van der Waals surface area contributed by atoms with Crippen molar-refractivity contribution in [1.82, 2.24) is 25.3 Å². The summed E-state index contributed by atoms with van der Waals surface area (Å²) >= 11 is 0. The molecule has 4 rings (SSSR count). The van der Waals surface area contributed by atoms with Crippen molar-refractivity contribution in [3.8, 4) is 11.6 Å². The molecular formula is C17H15FN6O2. The molecule has 0 spiro atoms. The molecule has 0 fully saturated rings. The van der Waals surface area contributed by atoms with E-state index < -0.39 is 18.1 Å². The van der Waals surface area contributed by atoms with Crippen LogP contribution in [0.25, 0.3) is 11.6 Å². The van der Waals surface area contributed by atoms with Crippen LogP contribution in [0.3, 0.4) is 0 Å². The van der Waals surface area contributed by atoms with Gasteiger partial charge in [-0.3, -0.25) is 9.78 Å². The number of oxazole rings is 1. The molecule has 3 heterocycles. The van der Waals surface area contributed by atoms with Crippen LogP contribution in [-0.4, -0.2) is 25.8 Å². The zero-order valence-corrected chi connectivity index (χ0v) is 13.8. The van der Waals surface area contributed by atoms with Crippen LogP contribution in [0.2, 0.25) is 0 Å². The Morgan fingerprint density at radius 3 is 2.96 bits per heavy atom. The summed E-state index contributed by atoms with van der Waals surface area (Å²) in [6.07, 6.45) is 3.41. The number of anilines is 1. The Labute approximate surface area is 147 Å². The van der Waals surface area contributed by atoms with Gasteiger partial charge in [0.05, 0.1) is 23.6 Å². The van der Waals surface area contributed by atoms with Crippen LogP contribution < -0.4 is 11.1 Å². The molecule has 3 aromatic rings. The van der Waals surface area contributed by atoms with Crippen LogP contribution in [0.1, 0.15) is 46.1 Å². The van der Waals surface area contributed by atoms with Gasteiger partial charge in [0.1, 0.15) is 18.1 Å². The lowest BCUT2D eigenvalue weighted by atomic mass is 10.2. The van der Waals surface area contributed by atoms with E-state index in [0.29, 0.717) is 22.6 Å². The Bertz CT molecular complexity index is 975. The highest BCUT2D eigenvalue weighted by Gasteiger charge is 2.34. The highest BCUT2D eigenvalue weighted by atomic mass is 19.1. The summed E-state index contributed by atoms with van der Waals surface area (Å²) in [6, 6.07) is 2.80.